The van der Waals surface area contributed by atoms with Gasteiger partial charge in [-0.05, 0) is 35.4 Å². The molecule has 25 heavy (non-hydrogen) atoms. The molecule has 0 aromatic heterocycles. The van der Waals surface area contributed by atoms with Crippen molar-refractivity contribution >= 4 is 29.3 Å². The zero-order valence-electron chi connectivity index (χ0n) is 13.8. The number of carbonyl (C=O) groups excluding carboxylic acids is 2. The minimum Gasteiger partial charge on any atom is -0.447 e. The first kappa shape index (κ1) is 17.3. The summed E-state index contributed by atoms with van der Waals surface area (Å²) in [5.41, 5.74) is 2.72. The second-order valence-electron chi connectivity index (χ2n) is 6.11. The first-order chi connectivity index (χ1) is 12.0. The van der Waals surface area contributed by atoms with Gasteiger partial charge in [0.2, 0.25) is 5.91 Å². The number of hydrogen-bond acceptors (Lipinski definition) is 3. The summed E-state index contributed by atoms with van der Waals surface area (Å²) in [6.45, 7) is 2.41. The predicted octanol–water partition coefficient (Wildman–Crippen LogP) is 3.73. The molecule has 1 unspecified atom stereocenters. The van der Waals surface area contributed by atoms with Crippen LogP contribution < -0.4 is 10.6 Å². The second-order valence-corrected chi connectivity index (χ2v) is 6.55. The maximum atomic E-state index is 12.1. The van der Waals surface area contributed by atoms with Crippen LogP contribution in [-0.2, 0) is 16.0 Å². The van der Waals surface area contributed by atoms with Crippen LogP contribution in [0.2, 0.25) is 5.02 Å². The Morgan fingerprint density at radius 3 is 2.52 bits per heavy atom. The van der Waals surface area contributed by atoms with Crippen LogP contribution in [0, 0.1) is 0 Å². The lowest BCUT2D eigenvalue weighted by atomic mass is 9.94. The molecule has 0 aliphatic carbocycles. The van der Waals surface area contributed by atoms with E-state index in [9.17, 15) is 9.59 Å². The molecule has 1 heterocycles. The van der Waals surface area contributed by atoms with Gasteiger partial charge in [0.15, 0.2) is 0 Å². The van der Waals surface area contributed by atoms with Crippen molar-refractivity contribution in [1.29, 1.82) is 0 Å². The van der Waals surface area contributed by atoms with Crippen LogP contribution in [0.25, 0.3) is 0 Å². The highest BCUT2D eigenvalue weighted by atomic mass is 35.5. The molecule has 1 saturated heterocycles. The van der Waals surface area contributed by atoms with Gasteiger partial charge >= 0.3 is 6.09 Å². The number of hydrogen-bond donors (Lipinski definition) is 2. The molecule has 1 aliphatic rings. The van der Waals surface area contributed by atoms with E-state index in [1.165, 1.54) is 0 Å². The number of carbonyl (C=O) groups is 2. The molecular weight excluding hydrogens is 340 g/mol. The number of nitrogens with one attached hydrogen (secondary N) is 2. The highest BCUT2D eigenvalue weighted by molar-refractivity contribution is 6.30. The Bertz CT molecular complexity index is 759. The Kier molecular flexibility index (Phi) is 5.24. The van der Waals surface area contributed by atoms with E-state index >= 15 is 0 Å². The van der Waals surface area contributed by atoms with Gasteiger partial charge in [-0.15, -0.1) is 0 Å². The minimum atomic E-state index is -0.372. The van der Waals surface area contributed by atoms with E-state index in [4.69, 9.17) is 16.3 Å². The number of rotatable bonds is 5. The molecule has 2 aromatic carbocycles. The molecule has 0 spiro atoms. The van der Waals surface area contributed by atoms with E-state index in [1.54, 1.807) is 12.1 Å². The summed E-state index contributed by atoms with van der Waals surface area (Å²) in [5, 5.41) is 6.32. The Morgan fingerprint density at radius 2 is 1.92 bits per heavy atom. The third-order valence-corrected chi connectivity index (χ3v) is 4.55. The summed E-state index contributed by atoms with van der Waals surface area (Å²) in [5.74, 6) is 0.0462. The average molecular weight is 359 g/mol. The standard InChI is InChI=1S/C19H19ClN2O3/c1-12(17-11-25-19(24)22-17)14-4-8-16(9-5-14)21-18(23)10-13-2-6-15(20)7-3-13/h2-9,12,17H,10-11H2,1H3,(H,21,23)(H,22,24)/t12?,17-/m1/s1. The molecular formula is C19H19ClN2O3. The Hall–Kier alpha value is -2.53. The number of halogens is 1. The van der Waals surface area contributed by atoms with Crippen molar-refractivity contribution < 1.29 is 14.3 Å². The normalized spacial score (nSPS) is 17.5. The van der Waals surface area contributed by atoms with Gasteiger partial charge in [0.1, 0.15) is 6.61 Å². The van der Waals surface area contributed by atoms with E-state index in [0.29, 0.717) is 18.1 Å². The molecule has 1 fully saturated rings. The predicted molar refractivity (Wildman–Crippen MR) is 96.9 cm³/mol. The lowest BCUT2D eigenvalue weighted by Gasteiger charge is -2.17. The van der Waals surface area contributed by atoms with Gasteiger partial charge in [0.05, 0.1) is 12.5 Å². The van der Waals surface area contributed by atoms with Crippen LogP contribution >= 0.6 is 11.6 Å². The van der Waals surface area contributed by atoms with E-state index in [1.807, 2.05) is 43.3 Å². The molecule has 2 N–H and O–H groups in total. The molecule has 6 heteroatoms. The van der Waals surface area contributed by atoms with Gasteiger partial charge in [0.25, 0.3) is 0 Å². The third kappa shape index (κ3) is 4.51. The largest absolute Gasteiger partial charge is 0.447 e. The van der Waals surface area contributed by atoms with Gasteiger partial charge in [-0.1, -0.05) is 42.8 Å². The van der Waals surface area contributed by atoms with Gasteiger partial charge < -0.3 is 15.4 Å². The third-order valence-electron chi connectivity index (χ3n) is 4.30. The minimum absolute atomic E-state index is 0.0298. The van der Waals surface area contributed by atoms with Crippen LogP contribution in [0.15, 0.2) is 48.5 Å². The number of anilines is 1. The van der Waals surface area contributed by atoms with Crippen molar-refractivity contribution in [2.45, 2.75) is 25.3 Å². The van der Waals surface area contributed by atoms with Gasteiger partial charge in [-0.25, -0.2) is 4.79 Å². The molecule has 5 nitrogen and oxygen atoms in total. The smallest absolute Gasteiger partial charge is 0.407 e. The van der Waals surface area contributed by atoms with Crippen molar-refractivity contribution in [2.75, 3.05) is 11.9 Å². The van der Waals surface area contributed by atoms with Gasteiger partial charge in [-0.3, -0.25) is 4.79 Å². The lowest BCUT2D eigenvalue weighted by Crippen LogP contribution is -2.31. The van der Waals surface area contributed by atoms with Gasteiger partial charge in [-0.2, -0.15) is 0 Å². The number of cyclic esters (lactones) is 1. The van der Waals surface area contributed by atoms with Gasteiger partial charge in [0, 0.05) is 16.6 Å². The summed E-state index contributed by atoms with van der Waals surface area (Å²) in [6, 6.07) is 14.8. The zero-order valence-corrected chi connectivity index (χ0v) is 14.5. The monoisotopic (exact) mass is 358 g/mol. The summed E-state index contributed by atoms with van der Waals surface area (Å²) in [6.07, 6.45) is -0.0799. The average Bonchev–Trinajstić information content (AvgIpc) is 3.03. The topological polar surface area (TPSA) is 67.4 Å². The fourth-order valence-corrected chi connectivity index (χ4v) is 2.89. The van der Waals surface area contributed by atoms with Crippen molar-refractivity contribution in [3.63, 3.8) is 0 Å². The number of alkyl carbamates (subject to hydrolysis) is 1. The Labute approximate surface area is 151 Å². The maximum absolute atomic E-state index is 12.1. The Balaban J connectivity index is 1.57. The highest BCUT2D eigenvalue weighted by Crippen LogP contribution is 2.23. The molecule has 2 amide bonds. The van der Waals surface area contributed by atoms with E-state index in [2.05, 4.69) is 10.6 Å². The summed E-state index contributed by atoms with van der Waals surface area (Å²) in [7, 11) is 0. The molecule has 1 aliphatic heterocycles. The van der Waals surface area contributed by atoms with Crippen molar-refractivity contribution in [3.8, 4) is 0 Å². The van der Waals surface area contributed by atoms with E-state index < -0.39 is 0 Å². The van der Waals surface area contributed by atoms with Crippen LogP contribution in [0.1, 0.15) is 24.0 Å². The van der Waals surface area contributed by atoms with E-state index in [0.717, 1.165) is 16.8 Å². The highest BCUT2D eigenvalue weighted by Gasteiger charge is 2.28. The first-order valence-corrected chi connectivity index (χ1v) is 8.46. The summed E-state index contributed by atoms with van der Waals surface area (Å²) >= 11 is 5.84. The maximum Gasteiger partial charge on any atom is 0.407 e. The SMILES string of the molecule is CC(c1ccc(NC(=O)Cc2ccc(Cl)cc2)cc1)[C@H]1COC(=O)N1. The van der Waals surface area contributed by atoms with Crippen LogP contribution in [0.5, 0.6) is 0 Å². The fraction of sp³-hybridized carbons (Fsp3) is 0.263. The number of benzene rings is 2. The molecule has 0 saturated carbocycles. The second kappa shape index (κ2) is 7.57. The number of ether oxygens (including phenoxy) is 1. The van der Waals surface area contributed by atoms with Crippen molar-refractivity contribution in [3.05, 3.63) is 64.7 Å². The summed E-state index contributed by atoms with van der Waals surface area (Å²) in [4.78, 5) is 23.3. The molecule has 0 radical (unpaired) electrons. The first-order valence-electron chi connectivity index (χ1n) is 8.09. The van der Waals surface area contributed by atoms with Crippen LogP contribution in [-0.4, -0.2) is 24.6 Å². The van der Waals surface area contributed by atoms with Crippen LogP contribution in [0.3, 0.4) is 0 Å². The molecule has 0 bridgehead atoms. The van der Waals surface area contributed by atoms with Crippen molar-refractivity contribution in [1.82, 2.24) is 5.32 Å². The molecule has 130 valence electrons. The number of amides is 2. The summed E-state index contributed by atoms with van der Waals surface area (Å²) < 4.78 is 4.93. The Morgan fingerprint density at radius 1 is 1.24 bits per heavy atom. The quantitative estimate of drug-likeness (QED) is 0.855. The molecule has 2 atom stereocenters. The lowest BCUT2D eigenvalue weighted by molar-refractivity contribution is -0.115. The molecule has 2 aromatic rings. The van der Waals surface area contributed by atoms with Crippen LogP contribution in [0.4, 0.5) is 10.5 Å². The fourth-order valence-electron chi connectivity index (χ4n) is 2.76. The molecule has 3 rings (SSSR count). The zero-order chi connectivity index (χ0) is 17.8. The van der Waals surface area contributed by atoms with E-state index in [-0.39, 0.29) is 24.0 Å². The van der Waals surface area contributed by atoms with Crippen molar-refractivity contribution in [2.24, 2.45) is 0 Å².